The number of allylic oxidation sites excluding steroid dienone is 1. The van der Waals surface area contributed by atoms with Gasteiger partial charge < -0.3 is 21.2 Å². The normalized spacial score (nSPS) is 19.8. The molecule has 0 radical (unpaired) electrons. The topological polar surface area (TPSA) is 71.1 Å². The molecule has 0 aromatic carbocycles. The number of rotatable bonds is 4. The minimum absolute atomic E-state index is 0.457. The number of ether oxygens (including phenoxy) is 1. The Balaban J connectivity index is 2.20. The Morgan fingerprint density at radius 1 is 1.54 bits per heavy atom. The van der Waals surface area contributed by atoms with E-state index in [1.165, 1.54) is 6.20 Å². The molecule has 1 aliphatic heterocycles. The van der Waals surface area contributed by atoms with Crippen molar-refractivity contribution < 1.29 is 4.74 Å². The number of hydrogen-bond acceptors (Lipinski definition) is 4. The summed E-state index contributed by atoms with van der Waals surface area (Å²) in [6.07, 6.45) is 4.76. The summed E-state index contributed by atoms with van der Waals surface area (Å²) in [4.78, 5) is 0. The molecule has 13 heavy (non-hydrogen) atoms. The van der Waals surface area contributed by atoms with Gasteiger partial charge in [0.15, 0.2) is 5.76 Å². The zero-order valence-corrected chi connectivity index (χ0v) is 7.75. The molecule has 0 atom stereocenters. The van der Waals surface area contributed by atoms with E-state index in [1.807, 2.05) is 0 Å². The van der Waals surface area contributed by atoms with Crippen LogP contribution in [0.4, 0.5) is 0 Å². The van der Waals surface area contributed by atoms with Crippen LogP contribution in [-0.4, -0.2) is 25.9 Å². The quantitative estimate of drug-likeness (QED) is 0.438. The summed E-state index contributed by atoms with van der Waals surface area (Å²) in [5.74, 6) is 1.06. The molecule has 0 aromatic rings. The molecule has 0 unspecified atom stereocenters. The first-order chi connectivity index (χ1) is 6.36. The third-order valence-electron chi connectivity index (χ3n) is 2.25. The lowest BCUT2D eigenvalue weighted by molar-refractivity contribution is 0.159. The molecule has 4 nitrogen and oxygen atoms in total. The highest BCUT2D eigenvalue weighted by Gasteiger charge is 2.13. The third-order valence-corrected chi connectivity index (χ3v) is 2.25. The molecule has 1 heterocycles. The fourth-order valence-electron chi connectivity index (χ4n) is 1.40. The van der Waals surface area contributed by atoms with Crippen molar-refractivity contribution in [1.82, 2.24) is 5.32 Å². The zero-order valence-electron chi connectivity index (χ0n) is 7.75. The predicted octanol–water partition coefficient (Wildman–Crippen LogP) is 0.452. The van der Waals surface area contributed by atoms with E-state index in [2.05, 4.69) is 5.32 Å². The first-order valence-electron chi connectivity index (χ1n) is 4.62. The zero-order chi connectivity index (χ0) is 9.52. The summed E-state index contributed by atoms with van der Waals surface area (Å²) in [6, 6.07) is 0. The van der Waals surface area contributed by atoms with E-state index >= 15 is 0 Å². The van der Waals surface area contributed by atoms with Gasteiger partial charge in [-0.15, -0.1) is 0 Å². The highest BCUT2D eigenvalue weighted by atomic mass is 16.5. The van der Waals surface area contributed by atoms with Crippen molar-refractivity contribution in [3.05, 3.63) is 12.0 Å². The largest absolute Gasteiger partial charge is 0.490 e. The molecule has 0 saturated carbocycles. The van der Waals surface area contributed by atoms with E-state index < -0.39 is 0 Å². The molecule has 4 heteroatoms. The predicted molar refractivity (Wildman–Crippen MR) is 52.6 cm³/mol. The highest BCUT2D eigenvalue weighted by molar-refractivity contribution is 5.72. The van der Waals surface area contributed by atoms with E-state index in [4.69, 9.17) is 15.9 Å². The van der Waals surface area contributed by atoms with Crippen LogP contribution in [0.3, 0.4) is 0 Å². The SMILES string of the molecule is N=C/C(=C\N)OCC1CCNCC1. The second-order valence-corrected chi connectivity index (χ2v) is 3.22. The lowest BCUT2D eigenvalue weighted by Crippen LogP contribution is -2.30. The summed E-state index contributed by atoms with van der Waals surface area (Å²) in [5, 5.41) is 10.3. The molecular formula is C9H17N3O. The van der Waals surface area contributed by atoms with Crippen molar-refractivity contribution in [2.24, 2.45) is 11.7 Å². The van der Waals surface area contributed by atoms with Crippen LogP contribution in [0.5, 0.6) is 0 Å². The van der Waals surface area contributed by atoms with Gasteiger partial charge >= 0.3 is 0 Å². The van der Waals surface area contributed by atoms with Crippen molar-refractivity contribution in [2.75, 3.05) is 19.7 Å². The van der Waals surface area contributed by atoms with E-state index in [9.17, 15) is 0 Å². The number of hydrogen-bond donors (Lipinski definition) is 3. The van der Waals surface area contributed by atoms with Gasteiger partial charge in [-0.1, -0.05) is 0 Å². The van der Waals surface area contributed by atoms with E-state index in [-0.39, 0.29) is 0 Å². The molecule has 0 aliphatic carbocycles. The van der Waals surface area contributed by atoms with Crippen LogP contribution >= 0.6 is 0 Å². The van der Waals surface area contributed by atoms with Gasteiger partial charge in [0.1, 0.15) is 0 Å². The first kappa shape index (κ1) is 10.1. The summed E-state index contributed by atoms with van der Waals surface area (Å²) >= 11 is 0. The average Bonchev–Trinajstić information content (AvgIpc) is 2.21. The Morgan fingerprint density at radius 2 is 2.23 bits per heavy atom. The lowest BCUT2D eigenvalue weighted by Gasteiger charge is -2.22. The van der Waals surface area contributed by atoms with Crippen LogP contribution in [0.15, 0.2) is 12.0 Å². The van der Waals surface area contributed by atoms with Crippen LogP contribution < -0.4 is 11.1 Å². The molecule has 4 N–H and O–H groups in total. The average molecular weight is 183 g/mol. The van der Waals surface area contributed by atoms with Crippen molar-refractivity contribution in [3.8, 4) is 0 Å². The van der Waals surface area contributed by atoms with E-state index in [1.54, 1.807) is 0 Å². The Hall–Kier alpha value is -1.03. The molecule has 1 aliphatic rings. The standard InChI is InChI=1S/C9H17N3O/c10-5-9(6-11)13-7-8-1-3-12-4-2-8/h5-6,8,10,12H,1-4,7,11H2/b9-6+,10-5?. The van der Waals surface area contributed by atoms with Crippen molar-refractivity contribution >= 4 is 6.21 Å². The van der Waals surface area contributed by atoms with Crippen LogP contribution in [-0.2, 0) is 4.74 Å². The van der Waals surface area contributed by atoms with Gasteiger partial charge in [-0.3, -0.25) is 0 Å². The minimum atomic E-state index is 0.457. The van der Waals surface area contributed by atoms with Crippen LogP contribution in [0, 0.1) is 11.3 Å². The highest BCUT2D eigenvalue weighted by Crippen LogP contribution is 2.12. The third kappa shape index (κ3) is 3.46. The molecule has 0 amide bonds. The van der Waals surface area contributed by atoms with Gasteiger partial charge in [0.25, 0.3) is 0 Å². The fourth-order valence-corrected chi connectivity index (χ4v) is 1.40. The maximum atomic E-state index is 6.97. The van der Waals surface area contributed by atoms with Crippen LogP contribution in [0.2, 0.25) is 0 Å². The molecule has 1 rings (SSSR count). The molecular weight excluding hydrogens is 166 g/mol. The van der Waals surface area contributed by atoms with Gasteiger partial charge in [0, 0.05) is 6.20 Å². The monoisotopic (exact) mass is 183 g/mol. The van der Waals surface area contributed by atoms with E-state index in [0.717, 1.165) is 32.1 Å². The number of piperidine rings is 1. The second-order valence-electron chi connectivity index (χ2n) is 3.22. The van der Waals surface area contributed by atoms with Gasteiger partial charge in [-0.05, 0) is 31.8 Å². The maximum absolute atomic E-state index is 6.97. The molecule has 1 saturated heterocycles. The van der Waals surface area contributed by atoms with Gasteiger partial charge in [0.2, 0.25) is 0 Å². The van der Waals surface area contributed by atoms with E-state index in [0.29, 0.717) is 18.3 Å². The molecule has 1 fully saturated rings. The maximum Gasteiger partial charge on any atom is 0.152 e. The smallest absolute Gasteiger partial charge is 0.152 e. The van der Waals surface area contributed by atoms with Crippen molar-refractivity contribution in [1.29, 1.82) is 5.41 Å². The summed E-state index contributed by atoms with van der Waals surface area (Å²) in [5.41, 5.74) is 5.25. The lowest BCUT2D eigenvalue weighted by atomic mass is 9.99. The van der Waals surface area contributed by atoms with Gasteiger partial charge in [0.05, 0.1) is 12.8 Å². The summed E-state index contributed by atoms with van der Waals surface area (Å²) < 4.78 is 5.35. The molecule has 0 spiro atoms. The molecule has 74 valence electrons. The number of nitrogens with two attached hydrogens (primary N) is 1. The first-order valence-corrected chi connectivity index (χ1v) is 4.62. The van der Waals surface area contributed by atoms with Crippen LogP contribution in [0.1, 0.15) is 12.8 Å². The van der Waals surface area contributed by atoms with Gasteiger partial charge in [-0.2, -0.15) is 0 Å². The Labute approximate surface area is 78.7 Å². The summed E-state index contributed by atoms with van der Waals surface area (Å²) in [6.45, 7) is 2.82. The van der Waals surface area contributed by atoms with Crippen molar-refractivity contribution in [3.63, 3.8) is 0 Å². The fraction of sp³-hybridized carbons (Fsp3) is 0.667. The Morgan fingerprint density at radius 3 is 2.77 bits per heavy atom. The summed E-state index contributed by atoms with van der Waals surface area (Å²) in [7, 11) is 0. The van der Waals surface area contributed by atoms with Crippen LogP contribution in [0.25, 0.3) is 0 Å². The number of nitrogens with one attached hydrogen (secondary N) is 2. The Bertz CT molecular complexity index is 185. The Kier molecular flexibility index (Phi) is 4.32. The second kappa shape index (κ2) is 5.59. The molecule has 0 aromatic heterocycles. The molecule has 0 bridgehead atoms. The van der Waals surface area contributed by atoms with Crippen molar-refractivity contribution in [2.45, 2.75) is 12.8 Å². The van der Waals surface area contributed by atoms with Gasteiger partial charge in [-0.25, -0.2) is 0 Å². The minimum Gasteiger partial charge on any atom is -0.490 e.